The Hall–Kier alpha value is -2.01. The van der Waals surface area contributed by atoms with Gasteiger partial charge in [0.05, 0.1) is 23.7 Å². The highest BCUT2D eigenvalue weighted by Crippen LogP contribution is 2.11. The molecule has 1 heterocycles. The Labute approximate surface area is 105 Å². The van der Waals surface area contributed by atoms with Gasteiger partial charge in [0.1, 0.15) is 0 Å². The number of hydrogen-bond acceptors (Lipinski definition) is 4. The molecule has 94 valence electrons. The molecule has 0 bridgehead atoms. The number of carbonyl (C=O) groups excluding carboxylic acids is 1. The molecule has 5 heteroatoms. The van der Waals surface area contributed by atoms with Crippen molar-refractivity contribution in [1.29, 1.82) is 0 Å². The fraction of sp³-hybridized carbons (Fsp3) is 0.308. The van der Waals surface area contributed by atoms with Crippen molar-refractivity contribution in [2.75, 3.05) is 6.61 Å². The van der Waals surface area contributed by atoms with E-state index in [1.165, 1.54) is 0 Å². The molecule has 1 aromatic carbocycles. The van der Waals surface area contributed by atoms with Gasteiger partial charge in [0.15, 0.2) is 0 Å². The van der Waals surface area contributed by atoms with Crippen LogP contribution in [0.4, 0.5) is 0 Å². The summed E-state index contributed by atoms with van der Waals surface area (Å²) in [5.74, 6) is -0.205. The molecule has 18 heavy (non-hydrogen) atoms. The van der Waals surface area contributed by atoms with Crippen molar-refractivity contribution >= 4 is 16.9 Å². The Kier molecular flexibility index (Phi) is 3.84. The Balaban J connectivity index is 2.22. The summed E-state index contributed by atoms with van der Waals surface area (Å²) in [5.41, 5.74) is 1.96. The van der Waals surface area contributed by atoms with Crippen LogP contribution in [0.25, 0.3) is 11.0 Å². The van der Waals surface area contributed by atoms with Gasteiger partial charge in [-0.3, -0.25) is 14.8 Å². The summed E-state index contributed by atoms with van der Waals surface area (Å²) in [6.45, 7) is 1.85. The van der Waals surface area contributed by atoms with E-state index in [9.17, 15) is 4.79 Å². The summed E-state index contributed by atoms with van der Waals surface area (Å²) in [6.07, 6.45) is 3.89. The Morgan fingerprint density at radius 2 is 2.06 bits per heavy atom. The molecule has 0 radical (unpaired) electrons. The Bertz CT molecular complexity index is 553. The van der Waals surface area contributed by atoms with Crippen LogP contribution < -0.4 is 5.32 Å². The molecule has 2 N–H and O–H groups in total. The van der Waals surface area contributed by atoms with Crippen LogP contribution in [0.5, 0.6) is 0 Å². The quantitative estimate of drug-likeness (QED) is 0.846. The predicted molar refractivity (Wildman–Crippen MR) is 68.2 cm³/mol. The van der Waals surface area contributed by atoms with E-state index < -0.39 is 0 Å². The van der Waals surface area contributed by atoms with E-state index in [0.29, 0.717) is 17.5 Å². The largest absolute Gasteiger partial charge is 0.394 e. The number of nitrogens with one attached hydrogen (secondary N) is 1. The molecule has 0 saturated heterocycles. The first kappa shape index (κ1) is 12.4. The van der Waals surface area contributed by atoms with E-state index in [1.807, 2.05) is 6.92 Å². The summed E-state index contributed by atoms with van der Waals surface area (Å²) in [5, 5.41) is 11.8. The van der Waals surface area contributed by atoms with Gasteiger partial charge >= 0.3 is 0 Å². The molecular weight excluding hydrogens is 230 g/mol. The van der Waals surface area contributed by atoms with Crippen LogP contribution in [0.3, 0.4) is 0 Å². The van der Waals surface area contributed by atoms with E-state index in [1.54, 1.807) is 30.6 Å². The molecule has 0 aliphatic carbocycles. The van der Waals surface area contributed by atoms with Crippen molar-refractivity contribution in [3.05, 3.63) is 36.2 Å². The third-order valence-electron chi connectivity index (χ3n) is 2.78. The van der Waals surface area contributed by atoms with Gasteiger partial charge in [0.2, 0.25) is 0 Å². The first-order valence-electron chi connectivity index (χ1n) is 5.87. The molecule has 1 aromatic heterocycles. The maximum absolute atomic E-state index is 11.9. The standard InChI is InChI=1S/C13H15N3O2/c1-2-10(8-17)16-13(18)9-3-4-11-12(7-9)15-6-5-14-11/h3-7,10,17H,2,8H2,1H3,(H,16,18)/t10-/m0/s1. The van der Waals surface area contributed by atoms with Gasteiger partial charge < -0.3 is 10.4 Å². The molecule has 0 unspecified atom stereocenters. The van der Waals surface area contributed by atoms with E-state index in [2.05, 4.69) is 15.3 Å². The molecule has 1 atom stereocenters. The van der Waals surface area contributed by atoms with Gasteiger partial charge in [0.25, 0.3) is 5.91 Å². The number of aliphatic hydroxyl groups excluding tert-OH is 1. The zero-order valence-corrected chi connectivity index (χ0v) is 10.1. The number of aromatic nitrogens is 2. The van der Waals surface area contributed by atoms with Crippen LogP contribution in [-0.2, 0) is 0 Å². The van der Waals surface area contributed by atoms with E-state index in [4.69, 9.17) is 5.11 Å². The van der Waals surface area contributed by atoms with Gasteiger partial charge in [-0.15, -0.1) is 0 Å². The summed E-state index contributed by atoms with van der Waals surface area (Å²) in [4.78, 5) is 20.2. The number of fused-ring (bicyclic) bond motifs is 1. The summed E-state index contributed by atoms with van der Waals surface area (Å²) < 4.78 is 0. The maximum atomic E-state index is 11.9. The van der Waals surface area contributed by atoms with Crippen LogP contribution in [-0.4, -0.2) is 33.6 Å². The molecule has 2 rings (SSSR count). The average Bonchev–Trinajstić information content (AvgIpc) is 2.44. The van der Waals surface area contributed by atoms with Crippen molar-refractivity contribution in [3.8, 4) is 0 Å². The first-order chi connectivity index (χ1) is 8.74. The molecule has 0 fully saturated rings. The highest BCUT2D eigenvalue weighted by atomic mass is 16.3. The topological polar surface area (TPSA) is 75.1 Å². The lowest BCUT2D eigenvalue weighted by Crippen LogP contribution is -2.36. The summed E-state index contributed by atoms with van der Waals surface area (Å²) >= 11 is 0. The SMILES string of the molecule is CC[C@@H](CO)NC(=O)c1ccc2nccnc2c1. The lowest BCUT2D eigenvalue weighted by Gasteiger charge is -2.13. The smallest absolute Gasteiger partial charge is 0.251 e. The zero-order chi connectivity index (χ0) is 13.0. The predicted octanol–water partition coefficient (Wildman–Crippen LogP) is 1.13. The van der Waals surface area contributed by atoms with Crippen LogP contribution in [0.15, 0.2) is 30.6 Å². The van der Waals surface area contributed by atoms with Gasteiger partial charge in [-0.2, -0.15) is 0 Å². The average molecular weight is 245 g/mol. The van der Waals surface area contributed by atoms with Gasteiger partial charge in [0, 0.05) is 18.0 Å². The normalized spacial score (nSPS) is 12.3. The number of rotatable bonds is 4. The van der Waals surface area contributed by atoms with Crippen molar-refractivity contribution in [1.82, 2.24) is 15.3 Å². The van der Waals surface area contributed by atoms with E-state index in [-0.39, 0.29) is 18.6 Å². The Morgan fingerprint density at radius 1 is 1.33 bits per heavy atom. The van der Waals surface area contributed by atoms with Crippen LogP contribution in [0.2, 0.25) is 0 Å². The van der Waals surface area contributed by atoms with Gasteiger partial charge in [-0.25, -0.2) is 0 Å². The number of benzene rings is 1. The molecule has 5 nitrogen and oxygen atoms in total. The fourth-order valence-electron chi connectivity index (χ4n) is 1.65. The molecular formula is C13H15N3O2. The molecule has 2 aromatic rings. The lowest BCUT2D eigenvalue weighted by atomic mass is 10.1. The number of amides is 1. The number of nitrogens with zero attached hydrogens (tertiary/aromatic N) is 2. The molecule has 0 aliphatic rings. The summed E-state index contributed by atoms with van der Waals surface area (Å²) in [7, 11) is 0. The minimum absolute atomic E-state index is 0.0599. The van der Waals surface area contributed by atoms with E-state index >= 15 is 0 Å². The van der Waals surface area contributed by atoms with Crippen molar-refractivity contribution < 1.29 is 9.90 Å². The highest BCUT2D eigenvalue weighted by Gasteiger charge is 2.11. The van der Waals surface area contributed by atoms with Crippen molar-refractivity contribution in [3.63, 3.8) is 0 Å². The second-order valence-electron chi connectivity index (χ2n) is 4.02. The van der Waals surface area contributed by atoms with Gasteiger partial charge in [-0.1, -0.05) is 6.92 Å². The Morgan fingerprint density at radius 3 is 2.72 bits per heavy atom. The summed E-state index contributed by atoms with van der Waals surface area (Å²) in [6, 6.07) is 4.95. The monoisotopic (exact) mass is 245 g/mol. The minimum atomic E-state index is -0.213. The fourth-order valence-corrected chi connectivity index (χ4v) is 1.65. The van der Waals surface area contributed by atoms with E-state index in [0.717, 1.165) is 5.52 Å². The van der Waals surface area contributed by atoms with Crippen molar-refractivity contribution in [2.45, 2.75) is 19.4 Å². The second-order valence-corrected chi connectivity index (χ2v) is 4.02. The number of aliphatic hydroxyl groups is 1. The molecule has 0 aliphatic heterocycles. The molecule has 1 amide bonds. The molecule has 0 saturated carbocycles. The maximum Gasteiger partial charge on any atom is 0.251 e. The third kappa shape index (κ3) is 2.62. The second kappa shape index (κ2) is 5.55. The highest BCUT2D eigenvalue weighted by molar-refractivity contribution is 5.97. The van der Waals surface area contributed by atoms with Gasteiger partial charge in [-0.05, 0) is 24.6 Å². The van der Waals surface area contributed by atoms with Crippen LogP contribution >= 0.6 is 0 Å². The van der Waals surface area contributed by atoms with Crippen molar-refractivity contribution in [2.24, 2.45) is 0 Å². The lowest BCUT2D eigenvalue weighted by molar-refractivity contribution is 0.0915. The third-order valence-corrected chi connectivity index (χ3v) is 2.78. The number of carbonyl (C=O) groups is 1. The zero-order valence-electron chi connectivity index (χ0n) is 10.1. The molecule has 0 spiro atoms. The van der Waals surface area contributed by atoms with Crippen LogP contribution in [0, 0.1) is 0 Å². The first-order valence-corrected chi connectivity index (χ1v) is 5.87. The minimum Gasteiger partial charge on any atom is -0.394 e. The number of hydrogen-bond donors (Lipinski definition) is 2. The van der Waals surface area contributed by atoms with Crippen LogP contribution in [0.1, 0.15) is 23.7 Å².